The molecule has 0 unspecified atom stereocenters. The lowest BCUT2D eigenvalue weighted by molar-refractivity contribution is -0.113. The minimum absolute atomic E-state index is 0.0801. The van der Waals surface area contributed by atoms with Crippen LogP contribution in [0.15, 0.2) is 40.9 Å². The highest BCUT2D eigenvalue weighted by Gasteiger charge is 2.17. The molecule has 0 saturated carbocycles. The van der Waals surface area contributed by atoms with Crippen molar-refractivity contribution in [3.8, 4) is 11.4 Å². The van der Waals surface area contributed by atoms with Crippen LogP contribution in [-0.4, -0.2) is 51.6 Å². The van der Waals surface area contributed by atoms with Crippen LogP contribution in [0.4, 0.5) is 5.00 Å². The first kappa shape index (κ1) is 19.8. The number of methoxy groups -OCH3 is 1. The molecule has 11 heteroatoms. The minimum atomic E-state index is -0.463. The van der Waals surface area contributed by atoms with Crippen LogP contribution in [0.5, 0.6) is 5.75 Å². The van der Waals surface area contributed by atoms with Crippen molar-refractivity contribution in [2.45, 2.75) is 12.1 Å². The van der Waals surface area contributed by atoms with Crippen LogP contribution in [0.1, 0.15) is 17.3 Å². The van der Waals surface area contributed by atoms with Crippen molar-refractivity contribution in [1.82, 2.24) is 20.2 Å². The SMILES string of the molecule is CCOC(=O)c1ccsc1NC(=O)CSc1nnnn1-c1ccc(OC)cc1. The number of tetrazole rings is 1. The van der Waals surface area contributed by atoms with E-state index in [2.05, 4.69) is 20.8 Å². The van der Waals surface area contributed by atoms with E-state index in [0.717, 1.165) is 11.4 Å². The van der Waals surface area contributed by atoms with Crippen molar-refractivity contribution in [3.05, 3.63) is 41.3 Å². The molecule has 0 saturated heterocycles. The quantitative estimate of drug-likeness (QED) is 0.438. The van der Waals surface area contributed by atoms with E-state index in [1.54, 1.807) is 37.6 Å². The second-order valence-electron chi connectivity index (χ2n) is 5.29. The molecule has 146 valence electrons. The lowest BCUT2D eigenvalue weighted by Gasteiger charge is -2.07. The Bertz CT molecular complexity index is 955. The summed E-state index contributed by atoms with van der Waals surface area (Å²) in [5.41, 5.74) is 1.09. The van der Waals surface area contributed by atoms with E-state index in [4.69, 9.17) is 9.47 Å². The molecule has 0 spiro atoms. The molecular formula is C17H17N5O4S2. The number of hydrogen-bond donors (Lipinski definition) is 1. The first-order valence-corrected chi connectivity index (χ1v) is 10.1. The summed E-state index contributed by atoms with van der Waals surface area (Å²) in [6, 6.07) is 8.85. The molecule has 0 aliphatic carbocycles. The maximum absolute atomic E-state index is 12.3. The van der Waals surface area contributed by atoms with Crippen molar-refractivity contribution in [1.29, 1.82) is 0 Å². The number of ether oxygens (including phenoxy) is 2. The number of carbonyl (C=O) groups excluding carboxylic acids is 2. The largest absolute Gasteiger partial charge is 0.497 e. The van der Waals surface area contributed by atoms with Crippen LogP contribution in [0, 0.1) is 0 Å². The monoisotopic (exact) mass is 419 g/mol. The number of thiophene rings is 1. The summed E-state index contributed by atoms with van der Waals surface area (Å²) in [4.78, 5) is 24.2. The predicted octanol–water partition coefficient (Wildman–Crippen LogP) is 2.64. The van der Waals surface area contributed by atoms with Gasteiger partial charge in [0.2, 0.25) is 11.1 Å². The van der Waals surface area contributed by atoms with Gasteiger partial charge in [-0.25, -0.2) is 4.79 Å². The number of esters is 1. The van der Waals surface area contributed by atoms with Crippen LogP contribution in [-0.2, 0) is 9.53 Å². The molecule has 0 bridgehead atoms. The number of amides is 1. The van der Waals surface area contributed by atoms with Gasteiger partial charge in [-0.05, 0) is 53.1 Å². The number of carbonyl (C=O) groups is 2. The van der Waals surface area contributed by atoms with E-state index in [0.29, 0.717) is 15.7 Å². The van der Waals surface area contributed by atoms with E-state index in [-0.39, 0.29) is 18.3 Å². The zero-order valence-electron chi connectivity index (χ0n) is 15.1. The third-order valence-electron chi connectivity index (χ3n) is 3.50. The zero-order valence-corrected chi connectivity index (χ0v) is 16.7. The fourth-order valence-electron chi connectivity index (χ4n) is 2.22. The molecule has 1 aromatic carbocycles. The van der Waals surface area contributed by atoms with E-state index in [1.807, 2.05) is 12.1 Å². The third kappa shape index (κ3) is 4.67. The van der Waals surface area contributed by atoms with Gasteiger partial charge in [0.25, 0.3) is 0 Å². The fourth-order valence-corrected chi connectivity index (χ4v) is 3.70. The summed E-state index contributed by atoms with van der Waals surface area (Å²) in [7, 11) is 1.59. The molecule has 0 aliphatic rings. The third-order valence-corrected chi connectivity index (χ3v) is 5.25. The summed E-state index contributed by atoms with van der Waals surface area (Å²) in [5.74, 6) is 0.0626. The molecule has 3 rings (SSSR count). The zero-order chi connectivity index (χ0) is 19.9. The number of hydrogen-bond acceptors (Lipinski definition) is 9. The van der Waals surface area contributed by atoms with Gasteiger partial charge in [-0.2, -0.15) is 4.68 Å². The van der Waals surface area contributed by atoms with Gasteiger partial charge in [-0.15, -0.1) is 16.4 Å². The van der Waals surface area contributed by atoms with E-state index < -0.39 is 5.97 Å². The van der Waals surface area contributed by atoms with Gasteiger partial charge in [0.05, 0.1) is 30.7 Å². The van der Waals surface area contributed by atoms with Gasteiger partial charge < -0.3 is 14.8 Å². The number of benzene rings is 1. The molecule has 0 radical (unpaired) electrons. The second-order valence-corrected chi connectivity index (χ2v) is 7.15. The average Bonchev–Trinajstić information content (AvgIpc) is 3.36. The Morgan fingerprint density at radius 2 is 2.04 bits per heavy atom. The van der Waals surface area contributed by atoms with Crippen LogP contribution < -0.4 is 10.1 Å². The molecule has 1 N–H and O–H groups in total. The van der Waals surface area contributed by atoms with Gasteiger partial charge in [0, 0.05) is 0 Å². The van der Waals surface area contributed by atoms with E-state index >= 15 is 0 Å². The molecule has 2 aromatic heterocycles. The molecule has 28 heavy (non-hydrogen) atoms. The van der Waals surface area contributed by atoms with Crippen LogP contribution in [0.2, 0.25) is 0 Å². The van der Waals surface area contributed by atoms with Gasteiger partial charge in [0.15, 0.2) is 0 Å². The van der Waals surface area contributed by atoms with Crippen LogP contribution in [0.3, 0.4) is 0 Å². The van der Waals surface area contributed by atoms with Gasteiger partial charge in [0.1, 0.15) is 10.8 Å². The highest BCUT2D eigenvalue weighted by molar-refractivity contribution is 7.99. The molecule has 1 amide bonds. The topological polar surface area (TPSA) is 108 Å². The molecule has 3 aromatic rings. The molecule has 0 fully saturated rings. The fraction of sp³-hybridized carbons (Fsp3) is 0.235. The second kappa shape index (κ2) is 9.33. The minimum Gasteiger partial charge on any atom is -0.497 e. The standard InChI is InChI=1S/C17H17N5O4S2/c1-3-26-16(24)13-8-9-27-15(13)18-14(23)10-28-17-19-20-21-22(17)11-4-6-12(25-2)7-5-11/h4-9H,3,10H2,1-2H3,(H,18,23). The lowest BCUT2D eigenvalue weighted by Crippen LogP contribution is -2.16. The Kier molecular flexibility index (Phi) is 6.61. The molecule has 2 heterocycles. The molecule has 9 nitrogen and oxygen atoms in total. The van der Waals surface area contributed by atoms with Crippen LogP contribution >= 0.6 is 23.1 Å². The number of thioether (sulfide) groups is 1. The smallest absolute Gasteiger partial charge is 0.341 e. The molecule has 0 atom stereocenters. The predicted molar refractivity (Wildman–Crippen MR) is 105 cm³/mol. The average molecular weight is 419 g/mol. The van der Waals surface area contributed by atoms with Gasteiger partial charge in [-0.1, -0.05) is 11.8 Å². The first-order chi connectivity index (χ1) is 13.6. The lowest BCUT2D eigenvalue weighted by atomic mass is 10.3. The summed E-state index contributed by atoms with van der Waals surface area (Å²) in [6.45, 7) is 2.00. The van der Waals surface area contributed by atoms with Crippen LogP contribution in [0.25, 0.3) is 5.69 Å². The summed E-state index contributed by atoms with van der Waals surface area (Å²) in [6.07, 6.45) is 0. The Labute approximate surface area is 169 Å². The number of anilines is 1. The van der Waals surface area contributed by atoms with Crippen molar-refractivity contribution >= 4 is 40.0 Å². The van der Waals surface area contributed by atoms with Gasteiger partial charge >= 0.3 is 5.97 Å². The van der Waals surface area contributed by atoms with Crippen molar-refractivity contribution in [3.63, 3.8) is 0 Å². The maximum Gasteiger partial charge on any atom is 0.341 e. The highest BCUT2D eigenvalue weighted by Crippen LogP contribution is 2.25. The summed E-state index contributed by atoms with van der Waals surface area (Å²) >= 11 is 2.44. The maximum atomic E-state index is 12.3. The van der Waals surface area contributed by atoms with Crippen molar-refractivity contribution < 1.29 is 19.1 Å². The Balaban J connectivity index is 1.62. The van der Waals surface area contributed by atoms with Crippen molar-refractivity contribution in [2.24, 2.45) is 0 Å². The number of aromatic nitrogens is 4. The normalized spacial score (nSPS) is 10.5. The number of rotatable bonds is 8. The first-order valence-electron chi connectivity index (χ1n) is 8.22. The summed E-state index contributed by atoms with van der Waals surface area (Å²) < 4.78 is 11.7. The molecular weight excluding hydrogens is 402 g/mol. The summed E-state index contributed by atoms with van der Waals surface area (Å²) in [5, 5.41) is 17.0. The highest BCUT2D eigenvalue weighted by atomic mass is 32.2. The molecule has 0 aliphatic heterocycles. The Morgan fingerprint density at radius 1 is 1.25 bits per heavy atom. The Hall–Kier alpha value is -2.92. The Morgan fingerprint density at radius 3 is 2.75 bits per heavy atom. The van der Waals surface area contributed by atoms with Crippen molar-refractivity contribution in [2.75, 3.05) is 24.8 Å². The number of nitrogens with one attached hydrogen (secondary N) is 1. The van der Waals surface area contributed by atoms with E-state index in [1.165, 1.54) is 27.8 Å². The van der Waals surface area contributed by atoms with Gasteiger partial charge in [-0.3, -0.25) is 4.79 Å². The number of nitrogens with zero attached hydrogens (tertiary/aromatic N) is 4. The van der Waals surface area contributed by atoms with E-state index in [9.17, 15) is 9.59 Å².